The molecule has 0 saturated carbocycles. The van der Waals surface area contributed by atoms with Crippen molar-refractivity contribution in [2.45, 2.75) is 4.90 Å². The number of phenolic OH excluding ortho intramolecular Hbond substituents is 1. The molecule has 4 aromatic rings. The summed E-state index contributed by atoms with van der Waals surface area (Å²) >= 11 is 0. The van der Waals surface area contributed by atoms with Crippen LogP contribution in [0.1, 0.15) is 0 Å². The molecule has 7 heteroatoms. The van der Waals surface area contributed by atoms with Gasteiger partial charge in [-0.05, 0) is 48.5 Å². The average Bonchev–Trinajstić information content (AvgIpc) is 2.75. The molecule has 0 bridgehead atoms. The Bertz CT molecular complexity index is 1290. The quantitative estimate of drug-likeness (QED) is 0.415. The van der Waals surface area contributed by atoms with Crippen LogP contribution in [-0.4, -0.2) is 13.5 Å². The number of azo groups is 1. The molecule has 0 spiro atoms. The highest BCUT2D eigenvalue weighted by atomic mass is 32.2. The van der Waals surface area contributed by atoms with Gasteiger partial charge in [0.15, 0.2) is 0 Å². The SMILES string of the molecule is O=S(=O)(Nc1ccc(N=Nc2ccc(O)c3ccccc23)cc1)c1ccccc1. The summed E-state index contributed by atoms with van der Waals surface area (Å²) in [7, 11) is -3.64. The monoisotopic (exact) mass is 403 g/mol. The van der Waals surface area contributed by atoms with Crippen molar-refractivity contribution in [3.8, 4) is 5.75 Å². The number of aromatic hydroxyl groups is 1. The van der Waals surface area contributed by atoms with Gasteiger partial charge in [-0.15, -0.1) is 5.11 Å². The fraction of sp³-hybridized carbons (Fsp3) is 0. The Balaban J connectivity index is 1.54. The van der Waals surface area contributed by atoms with E-state index in [0.717, 1.165) is 5.39 Å². The highest BCUT2D eigenvalue weighted by molar-refractivity contribution is 7.92. The van der Waals surface area contributed by atoms with Crippen molar-refractivity contribution in [2.24, 2.45) is 10.2 Å². The zero-order valence-electron chi connectivity index (χ0n) is 15.2. The maximum absolute atomic E-state index is 12.4. The minimum atomic E-state index is -3.64. The Morgan fingerprint density at radius 1 is 0.690 bits per heavy atom. The van der Waals surface area contributed by atoms with E-state index in [1.54, 1.807) is 54.6 Å². The van der Waals surface area contributed by atoms with Gasteiger partial charge < -0.3 is 5.11 Å². The van der Waals surface area contributed by atoms with Crippen molar-refractivity contribution in [1.82, 2.24) is 0 Å². The number of rotatable bonds is 5. The molecule has 0 heterocycles. The van der Waals surface area contributed by atoms with Gasteiger partial charge in [-0.3, -0.25) is 4.72 Å². The van der Waals surface area contributed by atoms with Crippen LogP contribution in [0.2, 0.25) is 0 Å². The van der Waals surface area contributed by atoms with Crippen LogP contribution in [0.3, 0.4) is 0 Å². The fourth-order valence-electron chi connectivity index (χ4n) is 2.88. The molecule has 4 rings (SSSR count). The first-order valence-electron chi connectivity index (χ1n) is 8.83. The summed E-state index contributed by atoms with van der Waals surface area (Å²) < 4.78 is 27.3. The van der Waals surface area contributed by atoms with Crippen LogP contribution in [0.25, 0.3) is 10.8 Å². The Morgan fingerprint density at radius 2 is 1.34 bits per heavy atom. The minimum Gasteiger partial charge on any atom is -0.507 e. The summed E-state index contributed by atoms with van der Waals surface area (Å²) in [6.45, 7) is 0. The van der Waals surface area contributed by atoms with Crippen molar-refractivity contribution in [2.75, 3.05) is 4.72 Å². The first kappa shape index (κ1) is 18.6. The van der Waals surface area contributed by atoms with Crippen molar-refractivity contribution in [3.05, 3.63) is 91.0 Å². The molecule has 0 aromatic heterocycles. The number of nitrogens with one attached hydrogen (secondary N) is 1. The van der Waals surface area contributed by atoms with E-state index in [1.807, 2.05) is 24.3 Å². The van der Waals surface area contributed by atoms with Crippen molar-refractivity contribution in [3.63, 3.8) is 0 Å². The van der Waals surface area contributed by atoms with Gasteiger partial charge in [0, 0.05) is 16.5 Å². The van der Waals surface area contributed by atoms with Gasteiger partial charge in [0.25, 0.3) is 10.0 Å². The van der Waals surface area contributed by atoms with E-state index >= 15 is 0 Å². The van der Waals surface area contributed by atoms with Gasteiger partial charge in [-0.2, -0.15) is 5.11 Å². The standard InChI is InChI=1S/C22H17N3O3S/c26-22-15-14-21(19-8-4-5-9-20(19)22)24-23-16-10-12-17(13-11-16)25-29(27,28)18-6-2-1-3-7-18/h1-15,25-26H. The molecule has 0 atom stereocenters. The van der Waals surface area contributed by atoms with Crippen LogP contribution in [0, 0.1) is 0 Å². The third kappa shape index (κ3) is 4.09. The Kier molecular flexibility index (Phi) is 4.97. The smallest absolute Gasteiger partial charge is 0.261 e. The molecule has 144 valence electrons. The lowest BCUT2D eigenvalue weighted by molar-refractivity contribution is 0.481. The maximum Gasteiger partial charge on any atom is 0.261 e. The second kappa shape index (κ2) is 7.73. The number of benzene rings is 4. The molecule has 0 unspecified atom stereocenters. The number of hydrogen-bond acceptors (Lipinski definition) is 5. The summed E-state index contributed by atoms with van der Waals surface area (Å²) in [6, 6.07) is 25.5. The number of anilines is 1. The molecule has 0 fully saturated rings. The molecule has 4 aromatic carbocycles. The van der Waals surface area contributed by atoms with Crippen LogP contribution < -0.4 is 4.72 Å². The fourth-order valence-corrected chi connectivity index (χ4v) is 3.96. The molecule has 0 aliphatic carbocycles. The van der Waals surface area contributed by atoms with Gasteiger partial charge in [-0.25, -0.2) is 8.42 Å². The van der Waals surface area contributed by atoms with Crippen LogP contribution in [0.15, 0.2) is 106 Å². The summed E-state index contributed by atoms with van der Waals surface area (Å²) in [5, 5.41) is 19.9. The van der Waals surface area contributed by atoms with Gasteiger partial charge >= 0.3 is 0 Å². The Morgan fingerprint density at radius 3 is 2.07 bits per heavy atom. The molecular weight excluding hydrogens is 386 g/mol. The van der Waals surface area contributed by atoms with Crippen LogP contribution in [0.4, 0.5) is 17.1 Å². The van der Waals surface area contributed by atoms with Gasteiger partial charge in [0.05, 0.1) is 16.3 Å². The molecule has 0 radical (unpaired) electrons. The summed E-state index contributed by atoms with van der Waals surface area (Å²) in [5.74, 6) is 0.189. The molecule has 0 aliphatic rings. The van der Waals surface area contributed by atoms with E-state index in [1.165, 1.54) is 12.1 Å². The van der Waals surface area contributed by atoms with E-state index < -0.39 is 10.0 Å². The molecular formula is C22H17N3O3S. The number of sulfonamides is 1. The van der Waals surface area contributed by atoms with Crippen LogP contribution in [-0.2, 0) is 10.0 Å². The lowest BCUT2D eigenvalue weighted by Crippen LogP contribution is -2.12. The third-order valence-electron chi connectivity index (χ3n) is 4.32. The number of fused-ring (bicyclic) bond motifs is 1. The van der Waals surface area contributed by atoms with E-state index in [-0.39, 0.29) is 10.6 Å². The normalized spacial score (nSPS) is 11.7. The Hall–Kier alpha value is -3.71. The maximum atomic E-state index is 12.4. The molecule has 2 N–H and O–H groups in total. The van der Waals surface area contributed by atoms with Crippen molar-refractivity contribution in [1.29, 1.82) is 0 Å². The highest BCUT2D eigenvalue weighted by Gasteiger charge is 2.13. The predicted octanol–water partition coefficient (Wildman–Crippen LogP) is 5.76. The second-order valence-electron chi connectivity index (χ2n) is 6.31. The first-order valence-corrected chi connectivity index (χ1v) is 10.3. The number of hydrogen-bond donors (Lipinski definition) is 2. The highest BCUT2D eigenvalue weighted by Crippen LogP contribution is 2.33. The lowest BCUT2D eigenvalue weighted by atomic mass is 10.1. The molecule has 29 heavy (non-hydrogen) atoms. The van der Waals surface area contributed by atoms with Gasteiger partial charge in [0.1, 0.15) is 5.75 Å². The lowest BCUT2D eigenvalue weighted by Gasteiger charge is -2.08. The van der Waals surface area contributed by atoms with Crippen molar-refractivity contribution < 1.29 is 13.5 Å². The zero-order valence-corrected chi connectivity index (χ0v) is 16.0. The van der Waals surface area contributed by atoms with Crippen molar-refractivity contribution >= 4 is 37.9 Å². The number of nitrogens with zero attached hydrogens (tertiary/aromatic N) is 2. The molecule has 0 saturated heterocycles. The minimum absolute atomic E-state index is 0.189. The summed E-state index contributed by atoms with van der Waals surface area (Å²) in [5.41, 5.74) is 1.64. The molecule has 0 aliphatic heterocycles. The topological polar surface area (TPSA) is 91.1 Å². The number of phenols is 1. The van der Waals surface area contributed by atoms with E-state index in [0.29, 0.717) is 22.4 Å². The average molecular weight is 403 g/mol. The van der Waals surface area contributed by atoms with E-state index in [9.17, 15) is 13.5 Å². The molecule has 6 nitrogen and oxygen atoms in total. The third-order valence-corrected chi connectivity index (χ3v) is 5.72. The largest absolute Gasteiger partial charge is 0.507 e. The van der Waals surface area contributed by atoms with E-state index in [2.05, 4.69) is 15.0 Å². The predicted molar refractivity (Wildman–Crippen MR) is 113 cm³/mol. The zero-order chi connectivity index (χ0) is 20.3. The van der Waals surface area contributed by atoms with Crippen LogP contribution in [0.5, 0.6) is 5.75 Å². The summed E-state index contributed by atoms with van der Waals surface area (Å²) in [4.78, 5) is 0.197. The van der Waals surface area contributed by atoms with Gasteiger partial charge in [-0.1, -0.05) is 42.5 Å². The summed E-state index contributed by atoms with van der Waals surface area (Å²) in [6.07, 6.45) is 0. The molecule has 0 amide bonds. The van der Waals surface area contributed by atoms with E-state index in [4.69, 9.17) is 0 Å². The Labute approximate surface area is 168 Å². The van der Waals surface area contributed by atoms with Crippen LogP contribution >= 0.6 is 0 Å². The van der Waals surface area contributed by atoms with Gasteiger partial charge in [0.2, 0.25) is 0 Å². The second-order valence-corrected chi connectivity index (χ2v) is 8.00. The first-order chi connectivity index (χ1) is 14.0.